The number of rotatable bonds is 4. The molecule has 2 fully saturated rings. The van der Waals surface area contributed by atoms with Crippen molar-refractivity contribution in [1.29, 1.82) is 0 Å². The van der Waals surface area contributed by atoms with Crippen molar-refractivity contribution in [2.45, 2.75) is 57.4 Å². The second kappa shape index (κ2) is 7.22. The molecule has 2 aliphatic carbocycles. The molecule has 138 valence electrons. The fourth-order valence-corrected chi connectivity index (χ4v) is 4.58. The molecular formula is C21H25FN2O2. The summed E-state index contributed by atoms with van der Waals surface area (Å²) in [6.45, 7) is 0.536. The summed E-state index contributed by atoms with van der Waals surface area (Å²) in [5, 5.41) is 2.98. The summed E-state index contributed by atoms with van der Waals surface area (Å²) in [4.78, 5) is 26.9. The quantitative estimate of drug-likeness (QED) is 0.834. The van der Waals surface area contributed by atoms with Crippen molar-refractivity contribution < 1.29 is 14.0 Å². The van der Waals surface area contributed by atoms with Crippen molar-refractivity contribution in [3.05, 3.63) is 35.7 Å². The Hall–Kier alpha value is -2.17. The van der Waals surface area contributed by atoms with Crippen LogP contribution in [0.15, 0.2) is 24.3 Å². The fraction of sp³-hybridized carbons (Fsp3) is 0.524. The van der Waals surface area contributed by atoms with E-state index in [-0.39, 0.29) is 17.9 Å². The number of carbonyl (C=O) groups is 2. The Kier molecular flexibility index (Phi) is 4.79. The Balaban J connectivity index is 1.60. The van der Waals surface area contributed by atoms with Crippen molar-refractivity contribution in [1.82, 2.24) is 5.32 Å². The highest BCUT2D eigenvalue weighted by molar-refractivity contribution is 6.34. The number of nitrogens with one attached hydrogen (secondary N) is 1. The van der Waals surface area contributed by atoms with E-state index >= 15 is 0 Å². The number of halogens is 1. The van der Waals surface area contributed by atoms with Crippen molar-refractivity contribution in [3.63, 3.8) is 0 Å². The number of amides is 2. The zero-order valence-electron chi connectivity index (χ0n) is 15.0. The minimum absolute atomic E-state index is 0.192. The topological polar surface area (TPSA) is 49.4 Å². The fourth-order valence-electron chi connectivity index (χ4n) is 4.58. The second-order valence-corrected chi connectivity index (χ2v) is 7.75. The van der Waals surface area contributed by atoms with Crippen molar-refractivity contribution in [2.24, 2.45) is 5.92 Å². The number of nitrogens with zero attached hydrogens (tertiary/aromatic N) is 1. The average molecular weight is 356 g/mol. The lowest BCUT2D eigenvalue weighted by atomic mass is 10.1. The molecule has 0 aromatic heterocycles. The van der Waals surface area contributed by atoms with Gasteiger partial charge in [0.1, 0.15) is 5.82 Å². The monoisotopic (exact) mass is 356 g/mol. The largest absolute Gasteiger partial charge is 0.350 e. The summed E-state index contributed by atoms with van der Waals surface area (Å²) < 4.78 is 14.5. The number of hydrogen-bond acceptors (Lipinski definition) is 2. The van der Waals surface area contributed by atoms with Crippen molar-refractivity contribution in [2.75, 3.05) is 11.4 Å². The second-order valence-electron chi connectivity index (χ2n) is 7.75. The zero-order chi connectivity index (χ0) is 18.1. The third-order valence-electron chi connectivity index (χ3n) is 5.91. The Labute approximate surface area is 153 Å². The van der Waals surface area contributed by atoms with Crippen LogP contribution in [0.2, 0.25) is 0 Å². The van der Waals surface area contributed by atoms with Crippen LogP contribution in [-0.2, 0) is 9.59 Å². The number of fused-ring (bicyclic) bond motifs is 1. The molecule has 2 amide bonds. The van der Waals surface area contributed by atoms with Crippen molar-refractivity contribution >= 4 is 23.1 Å². The van der Waals surface area contributed by atoms with E-state index in [9.17, 15) is 14.0 Å². The zero-order valence-corrected chi connectivity index (χ0v) is 15.0. The van der Waals surface area contributed by atoms with E-state index in [1.807, 2.05) is 0 Å². The van der Waals surface area contributed by atoms with E-state index in [4.69, 9.17) is 0 Å². The standard InChI is InChI=1S/C21H25FN2O2/c22-18-11-5-10-16-17(12-19(25)23-15-8-3-4-9-15)21(26)24(20(16)18)13-14-6-1-2-7-14/h5,10-12,14-15H,1-4,6-9,13H2,(H,23,25)/b17-12+. The summed E-state index contributed by atoms with van der Waals surface area (Å²) >= 11 is 0. The summed E-state index contributed by atoms with van der Waals surface area (Å²) in [5.41, 5.74) is 1.19. The van der Waals surface area contributed by atoms with E-state index in [2.05, 4.69) is 5.32 Å². The molecule has 0 spiro atoms. The molecule has 5 heteroatoms. The van der Waals surface area contributed by atoms with Crippen LogP contribution < -0.4 is 10.2 Å². The maximum absolute atomic E-state index is 14.5. The van der Waals surface area contributed by atoms with Crippen LogP contribution in [-0.4, -0.2) is 24.4 Å². The normalized spacial score (nSPS) is 22.4. The molecule has 0 radical (unpaired) electrons. The number of benzene rings is 1. The highest BCUT2D eigenvalue weighted by atomic mass is 19.1. The minimum atomic E-state index is -0.395. The predicted molar refractivity (Wildman–Crippen MR) is 99.1 cm³/mol. The molecule has 0 atom stereocenters. The Bertz CT molecular complexity index is 746. The molecule has 0 saturated heterocycles. The molecular weight excluding hydrogens is 331 g/mol. The summed E-state index contributed by atoms with van der Waals surface area (Å²) in [5.74, 6) is -0.483. The molecule has 26 heavy (non-hydrogen) atoms. The van der Waals surface area contributed by atoms with E-state index in [1.165, 1.54) is 25.0 Å². The Morgan fingerprint density at radius 2 is 1.85 bits per heavy atom. The first-order valence-electron chi connectivity index (χ1n) is 9.76. The highest BCUT2D eigenvalue weighted by Gasteiger charge is 2.37. The van der Waals surface area contributed by atoms with E-state index in [0.717, 1.165) is 38.5 Å². The van der Waals surface area contributed by atoms with Crippen LogP contribution in [0.5, 0.6) is 0 Å². The molecule has 1 aliphatic heterocycles. The number of hydrogen-bond donors (Lipinski definition) is 1. The SMILES string of the molecule is O=C(/C=C1/C(=O)N(CC2CCCC2)c2c(F)cccc21)NC1CCCC1. The predicted octanol–water partition coefficient (Wildman–Crippen LogP) is 3.80. The summed E-state index contributed by atoms with van der Waals surface area (Å²) in [6.07, 6.45) is 10.1. The Morgan fingerprint density at radius 1 is 1.15 bits per heavy atom. The van der Waals surface area contributed by atoms with Crippen LogP contribution in [0, 0.1) is 11.7 Å². The van der Waals surface area contributed by atoms with E-state index in [0.29, 0.717) is 29.3 Å². The van der Waals surface area contributed by atoms with Crippen molar-refractivity contribution in [3.8, 4) is 0 Å². The number of carbonyl (C=O) groups excluding carboxylic acids is 2. The molecule has 1 aromatic carbocycles. The lowest BCUT2D eigenvalue weighted by Crippen LogP contribution is -2.33. The van der Waals surface area contributed by atoms with Gasteiger partial charge in [0.05, 0.1) is 11.3 Å². The smallest absolute Gasteiger partial charge is 0.259 e. The van der Waals surface area contributed by atoms with Gasteiger partial charge in [-0.1, -0.05) is 37.8 Å². The third-order valence-corrected chi connectivity index (χ3v) is 5.91. The van der Waals surface area contributed by atoms with Gasteiger partial charge in [0.2, 0.25) is 5.91 Å². The molecule has 4 nitrogen and oxygen atoms in total. The molecule has 4 rings (SSSR count). The van der Waals surface area contributed by atoms with Crippen LogP contribution in [0.1, 0.15) is 56.9 Å². The van der Waals surface area contributed by atoms with Crippen LogP contribution in [0.25, 0.3) is 5.57 Å². The number of anilines is 1. The first kappa shape index (κ1) is 17.3. The van der Waals surface area contributed by atoms with Gasteiger partial charge in [0.15, 0.2) is 0 Å². The van der Waals surface area contributed by atoms with Gasteiger partial charge in [0, 0.05) is 24.2 Å². The lowest BCUT2D eigenvalue weighted by molar-refractivity contribution is -0.117. The highest BCUT2D eigenvalue weighted by Crippen LogP contribution is 2.40. The molecule has 3 aliphatic rings. The summed E-state index contributed by atoms with van der Waals surface area (Å²) in [6, 6.07) is 4.91. The maximum Gasteiger partial charge on any atom is 0.259 e. The van der Waals surface area contributed by atoms with Crippen LogP contribution >= 0.6 is 0 Å². The van der Waals surface area contributed by atoms with Crippen LogP contribution in [0.4, 0.5) is 10.1 Å². The first-order valence-corrected chi connectivity index (χ1v) is 9.76. The Morgan fingerprint density at radius 3 is 2.58 bits per heavy atom. The molecule has 1 N–H and O–H groups in total. The molecule has 2 saturated carbocycles. The van der Waals surface area contributed by atoms with Gasteiger partial charge < -0.3 is 10.2 Å². The van der Waals surface area contributed by atoms with Gasteiger partial charge in [-0.3, -0.25) is 9.59 Å². The van der Waals surface area contributed by atoms with Crippen LogP contribution in [0.3, 0.4) is 0 Å². The maximum atomic E-state index is 14.5. The molecule has 0 bridgehead atoms. The average Bonchev–Trinajstić information content (AvgIpc) is 3.35. The lowest BCUT2D eigenvalue weighted by Gasteiger charge is -2.21. The van der Waals surface area contributed by atoms with Gasteiger partial charge in [-0.2, -0.15) is 0 Å². The van der Waals surface area contributed by atoms with Gasteiger partial charge in [-0.25, -0.2) is 4.39 Å². The van der Waals surface area contributed by atoms with Gasteiger partial charge >= 0.3 is 0 Å². The van der Waals surface area contributed by atoms with Gasteiger partial charge in [-0.15, -0.1) is 0 Å². The minimum Gasteiger partial charge on any atom is -0.350 e. The molecule has 1 heterocycles. The third kappa shape index (κ3) is 3.27. The van der Waals surface area contributed by atoms with E-state index in [1.54, 1.807) is 17.0 Å². The van der Waals surface area contributed by atoms with Gasteiger partial charge in [0.25, 0.3) is 5.91 Å². The van der Waals surface area contributed by atoms with E-state index < -0.39 is 5.82 Å². The number of para-hydroxylation sites is 1. The van der Waals surface area contributed by atoms with Gasteiger partial charge in [-0.05, 0) is 37.7 Å². The molecule has 0 unspecified atom stereocenters. The summed E-state index contributed by atoms with van der Waals surface area (Å²) in [7, 11) is 0. The molecule has 1 aromatic rings. The first-order chi connectivity index (χ1) is 12.6.